The van der Waals surface area contributed by atoms with Gasteiger partial charge < -0.3 is 10.2 Å². The Morgan fingerprint density at radius 3 is 2.68 bits per heavy atom. The number of nitrogens with zero attached hydrogens (tertiary/aromatic N) is 2. The van der Waals surface area contributed by atoms with Crippen molar-refractivity contribution in [3.05, 3.63) is 77.5 Å². The van der Waals surface area contributed by atoms with Crippen molar-refractivity contribution in [3.63, 3.8) is 0 Å². The quantitative estimate of drug-likeness (QED) is 0.723. The fraction of sp³-hybridized carbons (Fsp3) is 0.227. The van der Waals surface area contributed by atoms with E-state index in [0.29, 0.717) is 11.9 Å². The third-order valence-electron chi connectivity index (χ3n) is 5.22. The van der Waals surface area contributed by atoms with E-state index < -0.39 is 0 Å². The van der Waals surface area contributed by atoms with Gasteiger partial charge in [0.15, 0.2) is 5.84 Å². The standard InChI is InChI=1S/C22H23N5O/c1-15-7-5-6-10-19(15)24-13-18-20(23)25-22(26-21(18)28)27-12-11-17(14-27)16-8-3-2-4-9-16/h2-10,13,17,24H,11-12,14H2,1H3,(H2,23,25,26,28)/b18-13+. The fourth-order valence-corrected chi connectivity index (χ4v) is 3.59. The molecule has 0 spiro atoms. The topological polar surface area (TPSA) is 80.6 Å². The maximum atomic E-state index is 12.6. The van der Waals surface area contributed by atoms with Crippen LogP contribution in [0.2, 0.25) is 0 Å². The number of anilines is 1. The van der Waals surface area contributed by atoms with Crippen molar-refractivity contribution in [2.45, 2.75) is 19.3 Å². The van der Waals surface area contributed by atoms with E-state index in [9.17, 15) is 4.79 Å². The maximum Gasteiger partial charge on any atom is 0.263 e. The first kappa shape index (κ1) is 18.0. The summed E-state index contributed by atoms with van der Waals surface area (Å²) in [6.07, 6.45) is 2.56. The third-order valence-corrected chi connectivity index (χ3v) is 5.22. The SMILES string of the molecule is Cc1ccccc1N/C=C1\C(=N)N=C(N2CCC(c3ccccc3)C2)NC1=O. The van der Waals surface area contributed by atoms with Crippen molar-refractivity contribution >= 4 is 23.4 Å². The number of hydrogen-bond acceptors (Lipinski definition) is 4. The molecule has 142 valence electrons. The molecule has 1 unspecified atom stereocenters. The van der Waals surface area contributed by atoms with Gasteiger partial charge in [0.2, 0.25) is 5.96 Å². The molecule has 1 fully saturated rings. The molecule has 0 radical (unpaired) electrons. The van der Waals surface area contributed by atoms with Crippen molar-refractivity contribution in [2.75, 3.05) is 18.4 Å². The molecule has 6 heteroatoms. The molecular formula is C22H23N5O. The Balaban J connectivity index is 1.46. The number of nitrogens with one attached hydrogen (secondary N) is 3. The van der Waals surface area contributed by atoms with Gasteiger partial charge in [0, 0.05) is 30.9 Å². The van der Waals surface area contributed by atoms with E-state index in [0.717, 1.165) is 30.8 Å². The minimum atomic E-state index is -0.306. The summed E-state index contributed by atoms with van der Waals surface area (Å²) in [6.45, 7) is 3.59. The minimum Gasteiger partial charge on any atom is -0.361 e. The Morgan fingerprint density at radius 1 is 1.18 bits per heavy atom. The van der Waals surface area contributed by atoms with Crippen molar-refractivity contribution in [2.24, 2.45) is 4.99 Å². The summed E-state index contributed by atoms with van der Waals surface area (Å²) in [4.78, 5) is 19.0. The molecule has 0 aliphatic carbocycles. The highest BCUT2D eigenvalue weighted by Crippen LogP contribution is 2.27. The summed E-state index contributed by atoms with van der Waals surface area (Å²) in [5, 5.41) is 14.2. The number of likely N-dealkylation sites (tertiary alicyclic amines) is 1. The van der Waals surface area contributed by atoms with E-state index in [2.05, 4.69) is 32.7 Å². The zero-order chi connectivity index (χ0) is 19.5. The molecule has 0 saturated carbocycles. The van der Waals surface area contributed by atoms with Crippen LogP contribution in [0.1, 0.15) is 23.5 Å². The van der Waals surface area contributed by atoms with Crippen LogP contribution in [-0.4, -0.2) is 35.7 Å². The number of carbonyl (C=O) groups excluding carboxylic acids is 1. The van der Waals surface area contributed by atoms with Gasteiger partial charge in [0.05, 0.1) is 5.57 Å². The van der Waals surface area contributed by atoms with Crippen LogP contribution >= 0.6 is 0 Å². The summed E-state index contributed by atoms with van der Waals surface area (Å²) in [5.41, 5.74) is 3.49. The molecule has 2 aromatic rings. The van der Waals surface area contributed by atoms with Gasteiger partial charge in [-0.15, -0.1) is 0 Å². The Bertz CT molecular complexity index is 964. The van der Waals surface area contributed by atoms with Crippen LogP contribution in [0.15, 0.2) is 71.4 Å². The van der Waals surface area contributed by atoms with Gasteiger partial charge in [-0.05, 0) is 30.5 Å². The lowest BCUT2D eigenvalue weighted by Gasteiger charge is -2.25. The average molecular weight is 373 g/mol. The number of hydrogen-bond donors (Lipinski definition) is 3. The van der Waals surface area contributed by atoms with Gasteiger partial charge in [-0.3, -0.25) is 15.5 Å². The van der Waals surface area contributed by atoms with Crippen LogP contribution in [0.25, 0.3) is 0 Å². The van der Waals surface area contributed by atoms with E-state index in [4.69, 9.17) is 5.41 Å². The molecule has 6 nitrogen and oxygen atoms in total. The average Bonchev–Trinajstić information content (AvgIpc) is 3.19. The van der Waals surface area contributed by atoms with Crippen LogP contribution < -0.4 is 10.6 Å². The summed E-state index contributed by atoms with van der Waals surface area (Å²) < 4.78 is 0. The highest BCUT2D eigenvalue weighted by atomic mass is 16.2. The largest absolute Gasteiger partial charge is 0.361 e. The van der Waals surface area contributed by atoms with Crippen molar-refractivity contribution in [3.8, 4) is 0 Å². The molecule has 4 rings (SSSR count). The second-order valence-electron chi connectivity index (χ2n) is 7.10. The van der Waals surface area contributed by atoms with E-state index in [-0.39, 0.29) is 17.3 Å². The Labute approximate surface area is 164 Å². The van der Waals surface area contributed by atoms with E-state index >= 15 is 0 Å². The number of amides is 1. The molecular weight excluding hydrogens is 350 g/mol. The molecule has 28 heavy (non-hydrogen) atoms. The minimum absolute atomic E-state index is 0.0250. The molecule has 0 aromatic heterocycles. The number of para-hydroxylation sites is 1. The summed E-state index contributed by atoms with van der Waals surface area (Å²) in [5.74, 6) is 0.554. The maximum absolute atomic E-state index is 12.6. The highest BCUT2D eigenvalue weighted by molar-refractivity contribution is 6.28. The lowest BCUT2D eigenvalue weighted by Crippen LogP contribution is -2.48. The number of aliphatic imine (C=N–C) groups is 1. The van der Waals surface area contributed by atoms with Crippen LogP contribution in [0.3, 0.4) is 0 Å². The van der Waals surface area contributed by atoms with Crippen LogP contribution in [-0.2, 0) is 4.79 Å². The second kappa shape index (κ2) is 7.68. The Hall–Kier alpha value is -3.41. The number of aryl methyl sites for hydroxylation is 1. The first-order valence-corrected chi connectivity index (χ1v) is 9.43. The van der Waals surface area contributed by atoms with Crippen LogP contribution in [0.5, 0.6) is 0 Å². The van der Waals surface area contributed by atoms with Gasteiger partial charge in [0.25, 0.3) is 5.91 Å². The zero-order valence-corrected chi connectivity index (χ0v) is 15.8. The van der Waals surface area contributed by atoms with E-state index in [1.165, 1.54) is 5.56 Å². The normalized spacial score (nSPS) is 20.9. The van der Waals surface area contributed by atoms with Gasteiger partial charge in [-0.1, -0.05) is 48.5 Å². The van der Waals surface area contributed by atoms with Gasteiger partial charge in [-0.25, -0.2) is 0 Å². The predicted molar refractivity (Wildman–Crippen MR) is 112 cm³/mol. The molecule has 1 atom stereocenters. The molecule has 2 aliphatic rings. The second-order valence-corrected chi connectivity index (χ2v) is 7.10. The molecule has 0 bridgehead atoms. The van der Waals surface area contributed by atoms with Crippen molar-refractivity contribution in [1.29, 1.82) is 5.41 Å². The number of benzene rings is 2. The molecule has 2 aliphatic heterocycles. The lowest BCUT2D eigenvalue weighted by atomic mass is 9.99. The zero-order valence-electron chi connectivity index (χ0n) is 15.8. The van der Waals surface area contributed by atoms with Gasteiger partial charge in [0.1, 0.15) is 0 Å². The van der Waals surface area contributed by atoms with Gasteiger partial charge in [-0.2, -0.15) is 4.99 Å². The first-order valence-electron chi connectivity index (χ1n) is 9.43. The number of carbonyl (C=O) groups is 1. The van der Waals surface area contributed by atoms with E-state index in [1.807, 2.05) is 49.4 Å². The molecule has 2 aromatic carbocycles. The number of amidine groups is 1. The highest BCUT2D eigenvalue weighted by Gasteiger charge is 2.31. The summed E-state index contributed by atoms with van der Waals surface area (Å²) in [6, 6.07) is 18.2. The molecule has 3 N–H and O–H groups in total. The monoisotopic (exact) mass is 373 g/mol. The molecule has 1 amide bonds. The van der Waals surface area contributed by atoms with Crippen molar-refractivity contribution < 1.29 is 4.79 Å². The Morgan fingerprint density at radius 2 is 1.93 bits per heavy atom. The fourth-order valence-electron chi connectivity index (χ4n) is 3.59. The Kier molecular flexibility index (Phi) is 4.93. The summed E-state index contributed by atoms with van der Waals surface area (Å²) in [7, 11) is 0. The number of guanidine groups is 1. The lowest BCUT2D eigenvalue weighted by molar-refractivity contribution is -0.115. The number of rotatable bonds is 3. The van der Waals surface area contributed by atoms with Crippen molar-refractivity contribution in [1.82, 2.24) is 10.2 Å². The first-order chi connectivity index (χ1) is 13.6. The summed E-state index contributed by atoms with van der Waals surface area (Å²) >= 11 is 0. The smallest absolute Gasteiger partial charge is 0.263 e. The molecule has 1 saturated heterocycles. The third kappa shape index (κ3) is 3.67. The predicted octanol–water partition coefficient (Wildman–Crippen LogP) is 3.24. The van der Waals surface area contributed by atoms with E-state index in [1.54, 1.807) is 6.20 Å². The van der Waals surface area contributed by atoms with Gasteiger partial charge >= 0.3 is 0 Å². The van der Waals surface area contributed by atoms with Crippen LogP contribution in [0, 0.1) is 12.3 Å². The molecule has 2 heterocycles. The van der Waals surface area contributed by atoms with Crippen LogP contribution in [0.4, 0.5) is 5.69 Å².